The molecule has 1 amide bonds. The number of hydrogen-bond donors (Lipinski definition) is 1. The van der Waals surface area contributed by atoms with Crippen molar-refractivity contribution in [2.24, 2.45) is 0 Å². The summed E-state index contributed by atoms with van der Waals surface area (Å²) in [7, 11) is 0. The molecular weight excluding hydrogens is 340 g/mol. The van der Waals surface area contributed by atoms with Crippen LogP contribution in [0.5, 0.6) is 5.75 Å². The molecule has 138 valence electrons. The largest absolute Gasteiger partial charge is 0.484 e. The van der Waals surface area contributed by atoms with Gasteiger partial charge in [0.15, 0.2) is 6.61 Å². The van der Waals surface area contributed by atoms with Crippen LogP contribution in [0.15, 0.2) is 48.5 Å². The molecule has 2 aromatic rings. The molecule has 0 bridgehead atoms. The Morgan fingerprint density at radius 3 is 2.19 bits per heavy atom. The molecule has 0 radical (unpaired) electrons. The van der Waals surface area contributed by atoms with Gasteiger partial charge in [-0.2, -0.15) is 0 Å². The highest BCUT2D eigenvalue weighted by Gasteiger charge is 2.34. The van der Waals surface area contributed by atoms with Crippen LogP contribution in [-0.4, -0.2) is 32.3 Å². The molecule has 1 heterocycles. The third-order valence-electron chi connectivity index (χ3n) is 4.71. The lowest BCUT2D eigenvalue weighted by atomic mass is 9.74. The summed E-state index contributed by atoms with van der Waals surface area (Å²) in [5.41, 5.74) is 0.708. The van der Waals surface area contributed by atoms with E-state index in [9.17, 15) is 13.6 Å². The van der Waals surface area contributed by atoms with Crippen molar-refractivity contribution in [3.8, 4) is 5.75 Å². The van der Waals surface area contributed by atoms with E-state index in [1.54, 1.807) is 12.1 Å². The minimum absolute atomic E-state index is 0.151. The lowest BCUT2D eigenvalue weighted by Crippen LogP contribution is -2.45. The van der Waals surface area contributed by atoms with Crippen molar-refractivity contribution in [3.63, 3.8) is 0 Å². The molecule has 2 aromatic carbocycles. The smallest absolute Gasteiger partial charge is 0.257 e. The van der Waals surface area contributed by atoms with E-state index in [2.05, 4.69) is 5.32 Å². The fourth-order valence-corrected chi connectivity index (χ4v) is 3.13. The van der Waals surface area contributed by atoms with Crippen LogP contribution in [0.3, 0.4) is 0 Å². The third-order valence-corrected chi connectivity index (χ3v) is 4.71. The highest BCUT2D eigenvalue weighted by atomic mass is 19.1. The fraction of sp³-hybridized carbons (Fsp3) is 0.350. The van der Waals surface area contributed by atoms with E-state index < -0.39 is 0 Å². The number of nitrogens with one attached hydrogen (secondary N) is 1. The number of hydrogen-bond acceptors (Lipinski definition) is 3. The standard InChI is InChI=1S/C20H21F2NO3/c21-16-3-1-15(2-4-16)20(9-11-25-12-10-20)14-23-19(24)13-26-18-7-5-17(22)6-8-18/h1-8H,9-14H2,(H,23,24). The average Bonchev–Trinajstić information content (AvgIpc) is 2.67. The molecule has 1 aliphatic heterocycles. The van der Waals surface area contributed by atoms with Gasteiger partial charge < -0.3 is 14.8 Å². The summed E-state index contributed by atoms with van der Waals surface area (Å²) in [4.78, 5) is 12.2. The van der Waals surface area contributed by atoms with Crippen LogP contribution in [0.2, 0.25) is 0 Å². The maximum absolute atomic E-state index is 13.2. The molecule has 0 aliphatic carbocycles. The Hall–Kier alpha value is -2.47. The van der Waals surface area contributed by atoms with Gasteiger partial charge in [0.1, 0.15) is 17.4 Å². The van der Waals surface area contributed by atoms with Gasteiger partial charge in [0.2, 0.25) is 0 Å². The van der Waals surface area contributed by atoms with Gasteiger partial charge in [0.25, 0.3) is 5.91 Å². The molecule has 1 N–H and O–H groups in total. The van der Waals surface area contributed by atoms with E-state index in [0.29, 0.717) is 25.5 Å². The van der Waals surface area contributed by atoms with Crippen molar-refractivity contribution in [3.05, 3.63) is 65.7 Å². The van der Waals surface area contributed by atoms with E-state index in [1.807, 2.05) is 0 Å². The van der Waals surface area contributed by atoms with Gasteiger partial charge >= 0.3 is 0 Å². The highest BCUT2D eigenvalue weighted by molar-refractivity contribution is 5.77. The Labute approximate surface area is 151 Å². The monoisotopic (exact) mass is 361 g/mol. The zero-order valence-corrected chi connectivity index (χ0v) is 14.3. The Morgan fingerprint density at radius 2 is 1.58 bits per heavy atom. The summed E-state index contributed by atoms with van der Waals surface area (Å²) in [5, 5.41) is 2.90. The summed E-state index contributed by atoms with van der Waals surface area (Å²) in [6.07, 6.45) is 1.50. The van der Waals surface area contributed by atoms with Gasteiger partial charge in [-0.1, -0.05) is 12.1 Å². The number of ether oxygens (including phenoxy) is 2. The molecule has 0 aromatic heterocycles. The second-order valence-electron chi connectivity index (χ2n) is 6.42. The fourth-order valence-electron chi connectivity index (χ4n) is 3.13. The van der Waals surface area contributed by atoms with Gasteiger partial charge in [-0.15, -0.1) is 0 Å². The van der Waals surface area contributed by atoms with Crippen LogP contribution in [0.25, 0.3) is 0 Å². The van der Waals surface area contributed by atoms with Gasteiger partial charge in [-0.25, -0.2) is 8.78 Å². The zero-order chi connectivity index (χ0) is 18.4. The first-order valence-corrected chi connectivity index (χ1v) is 8.56. The van der Waals surface area contributed by atoms with Crippen LogP contribution in [0, 0.1) is 11.6 Å². The molecule has 3 rings (SSSR count). The lowest BCUT2D eigenvalue weighted by molar-refractivity contribution is -0.123. The Morgan fingerprint density at radius 1 is 1.00 bits per heavy atom. The van der Waals surface area contributed by atoms with Crippen molar-refractivity contribution in [2.75, 3.05) is 26.4 Å². The van der Waals surface area contributed by atoms with Crippen LogP contribution < -0.4 is 10.1 Å². The molecule has 1 fully saturated rings. The number of carbonyl (C=O) groups excluding carboxylic acids is 1. The molecular formula is C20H21F2NO3. The maximum Gasteiger partial charge on any atom is 0.257 e. The molecule has 6 heteroatoms. The number of halogens is 2. The van der Waals surface area contributed by atoms with Crippen molar-refractivity contribution >= 4 is 5.91 Å². The SMILES string of the molecule is O=C(COc1ccc(F)cc1)NCC1(c2ccc(F)cc2)CCOCC1. The predicted molar refractivity (Wildman–Crippen MR) is 93.0 cm³/mol. The normalized spacial score (nSPS) is 16.1. The van der Waals surface area contributed by atoms with E-state index in [4.69, 9.17) is 9.47 Å². The third kappa shape index (κ3) is 4.58. The van der Waals surface area contributed by atoms with Crippen LogP contribution in [0.4, 0.5) is 8.78 Å². The summed E-state index contributed by atoms with van der Waals surface area (Å²) in [6.45, 7) is 1.47. The molecule has 0 atom stereocenters. The Bertz CT molecular complexity index is 726. The molecule has 0 spiro atoms. The molecule has 1 saturated heterocycles. The average molecular weight is 361 g/mol. The molecule has 4 nitrogen and oxygen atoms in total. The zero-order valence-electron chi connectivity index (χ0n) is 14.3. The minimum atomic E-state index is -0.359. The molecule has 0 saturated carbocycles. The van der Waals surface area contributed by atoms with Gasteiger partial charge in [0, 0.05) is 25.2 Å². The first-order valence-electron chi connectivity index (χ1n) is 8.56. The summed E-state index contributed by atoms with van der Waals surface area (Å²) >= 11 is 0. The minimum Gasteiger partial charge on any atom is -0.484 e. The van der Waals surface area contributed by atoms with Gasteiger partial charge in [-0.05, 0) is 54.8 Å². The van der Waals surface area contributed by atoms with Crippen molar-refractivity contribution in [1.82, 2.24) is 5.32 Å². The van der Waals surface area contributed by atoms with E-state index >= 15 is 0 Å². The predicted octanol–water partition coefficient (Wildman–Crippen LogP) is 3.21. The van der Waals surface area contributed by atoms with Gasteiger partial charge in [-0.3, -0.25) is 4.79 Å². The molecule has 1 aliphatic rings. The summed E-state index contributed by atoms with van der Waals surface area (Å²) in [5.74, 6) is -0.474. The van der Waals surface area contributed by atoms with Crippen LogP contribution in [0.1, 0.15) is 18.4 Å². The van der Waals surface area contributed by atoms with Crippen molar-refractivity contribution in [1.29, 1.82) is 0 Å². The highest BCUT2D eigenvalue weighted by Crippen LogP contribution is 2.34. The number of amides is 1. The molecule has 0 unspecified atom stereocenters. The van der Waals surface area contributed by atoms with E-state index in [1.165, 1.54) is 36.4 Å². The summed E-state index contributed by atoms with van der Waals surface area (Å²) in [6, 6.07) is 11.9. The number of rotatable bonds is 6. The number of carbonyl (C=O) groups is 1. The van der Waals surface area contributed by atoms with Crippen LogP contribution >= 0.6 is 0 Å². The van der Waals surface area contributed by atoms with Gasteiger partial charge in [0.05, 0.1) is 0 Å². The maximum atomic E-state index is 13.2. The topological polar surface area (TPSA) is 47.6 Å². The van der Waals surface area contributed by atoms with E-state index in [-0.39, 0.29) is 29.6 Å². The van der Waals surface area contributed by atoms with Crippen molar-refractivity contribution < 1.29 is 23.0 Å². The lowest BCUT2D eigenvalue weighted by Gasteiger charge is -2.38. The second kappa shape index (κ2) is 8.27. The van der Waals surface area contributed by atoms with Crippen molar-refractivity contribution in [2.45, 2.75) is 18.3 Å². The Balaban J connectivity index is 1.59. The quantitative estimate of drug-likeness (QED) is 0.860. The second-order valence-corrected chi connectivity index (χ2v) is 6.42. The first kappa shape index (κ1) is 18.3. The van der Waals surface area contributed by atoms with E-state index in [0.717, 1.165) is 18.4 Å². The Kier molecular flexibility index (Phi) is 5.83. The first-order chi connectivity index (χ1) is 12.6. The van der Waals surface area contributed by atoms with Crippen LogP contribution in [-0.2, 0) is 14.9 Å². The molecule has 26 heavy (non-hydrogen) atoms. The summed E-state index contributed by atoms with van der Waals surface area (Å²) < 4.78 is 36.9. The number of benzene rings is 2.